The molecule has 1 saturated heterocycles. The van der Waals surface area contributed by atoms with Gasteiger partial charge in [-0.25, -0.2) is 4.79 Å². The monoisotopic (exact) mass is 1870 g/mol. The smallest absolute Gasteiger partial charge is 0.331 e. The Balaban J connectivity index is 0.000000152. The Morgan fingerprint density at radius 1 is 0.418 bits per heavy atom. The van der Waals surface area contributed by atoms with Gasteiger partial charge in [-0.1, -0.05) is 27.2 Å². The van der Waals surface area contributed by atoms with Crippen molar-refractivity contribution in [1.82, 2.24) is 52.7 Å². The van der Waals surface area contributed by atoms with Crippen molar-refractivity contribution in [3.63, 3.8) is 0 Å². The summed E-state index contributed by atoms with van der Waals surface area (Å²) in [5, 5.41) is 45.1. The molecule has 0 aliphatic carbocycles. The molecule has 27 heteroatoms. The number of pyridine rings is 5. The highest BCUT2D eigenvalue weighted by Crippen LogP contribution is 2.37. The van der Waals surface area contributed by atoms with Crippen LogP contribution in [0.3, 0.4) is 0 Å². The first-order chi connectivity index (χ1) is 64.5. The Hall–Kier alpha value is -15.1. The normalized spacial score (nSPS) is 12.4. The molecular formula is C107H102BrClN16O9. The summed E-state index contributed by atoms with van der Waals surface area (Å²) in [4.78, 5) is 98.1. The van der Waals surface area contributed by atoms with Gasteiger partial charge in [0.25, 0.3) is 0 Å². The van der Waals surface area contributed by atoms with E-state index in [2.05, 4.69) is 108 Å². The lowest BCUT2D eigenvalue weighted by Crippen LogP contribution is -2.34. The van der Waals surface area contributed by atoms with Gasteiger partial charge in [0.2, 0.25) is 0 Å². The molecule has 25 nitrogen and oxygen atoms in total. The quantitative estimate of drug-likeness (QED) is 0.0178. The van der Waals surface area contributed by atoms with Crippen molar-refractivity contribution in [3.8, 4) is 58.8 Å². The number of ether oxygens (including phenoxy) is 3. The number of carbonyl (C=O) groups excluding carboxylic acids is 6. The Bertz CT molecular complexity index is 7170. The Labute approximate surface area is 791 Å². The zero-order chi connectivity index (χ0) is 96.1. The van der Waals surface area contributed by atoms with Gasteiger partial charge in [0.15, 0.2) is 11.6 Å². The fourth-order valence-corrected chi connectivity index (χ4v) is 17.1. The number of nitriles is 5. The van der Waals surface area contributed by atoms with E-state index in [0.717, 1.165) is 159 Å². The van der Waals surface area contributed by atoms with E-state index in [-0.39, 0.29) is 65.3 Å². The number of hydrogen-bond donors (Lipinski definition) is 0. The lowest BCUT2D eigenvalue weighted by Gasteiger charge is -2.25. The van der Waals surface area contributed by atoms with Crippen molar-refractivity contribution in [3.05, 3.63) is 301 Å². The van der Waals surface area contributed by atoms with Crippen molar-refractivity contribution in [2.24, 2.45) is 0 Å². The molecule has 0 N–H and O–H groups in total. The highest BCUT2D eigenvalue weighted by atomic mass is 79.9. The molecule has 5 aromatic carbocycles. The van der Waals surface area contributed by atoms with E-state index in [0.29, 0.717) is 89.2 Å². The van der Waals surface area contributed by atoms with Crippen LogP contribution in [-0.2, 0) is 33.4 Å². The van der Waals surface area contributed by atoms with Crippen molar-refractivity contribution in [2.75, 3.05) is 45.3 Å². The van der Waals surface area contributed by atoms with Crippen LogP contribution < -0.4 is 0 Å². The summed E-state index contributed by atoms with van der Waals surface area (Å²) in [6, 6.07) is 63.8. The Kier molecular flexibility index (Phi) is 33.0. The van der Waals surface area contributed by atoms with Crippen LogP contribution in [0.4, 0.5) is 0 Å². The predicted octanol–water partition coefficient (Wildman–Crippen LogP) is 22.0. The Morgan fingerprint density at radius 2 is 0.754 bits per heavy atom. The number of likely N-dealkylation sites (tertiary alicyclic amines) is 1. The third-order valence-corrected chi connectivity index (χ3v) is 24.0. The van der Waals surface area contributed by atoms with Crippen molar-refractivity contribution >= 4 is 124 Å². The molecule has 0 bridgehead atoms. The standard InChI is InChI=1S/C27H30N4O2.C23H22ClN3O3.C21H21N3O2.C21H19N3O2.C15H10BrN3/c1-18(13-19(2)32)22-14-24-27(29-16-22)26(25(33)17-30-11-5-4-6-12-30)20(3)31(24)23-9-7-21(15-28)8-10-23;1-4-30-21(29)9-14(2)17-10-19-23(26-13-17)22(20(28)11-24)15(3)27(19)18-7-5-16(12-25)6-8-18;2*1-4-26-21(25)9-14(2)17-11-20-19(23-13-17)10-15(3)24(20)18-7-5-16(12-22)6-8-18;1-10-6-14-15(7-12(16)9-18-14)19(10)13-4-2-11(8-17)3-5-13/h7-10,14,16,18H,4-6,11-13,17H2,1-3H3;5-8,10,13-14H,4,9,11H2,1-3H3;5-8,10-11,13-14H,4,9H2,1-3H3;5-11,13H,4H2,1-3H3;2-7,9H,1H3/b;;;14-9+;. The summed E-state index contributed by atoms with van der Waals surface area (Å²) in [6.07, 6.45) is 14.9. The van der Waals surface area contributed by atoms with Gasteiger partial charge in [-0.2, -0.15) is 26.3 Å². The molecular weight excluding hydrogens is 1770 g/mol. The van der Waals surface area contributed by atoms with E-state index in [1.165, 1.54) is 12.5 Å². The summed E-state index contributed by atoms with van der Waals surface area (Å²) in [6.45, 7) is 28.1. The molecule has 3 atom stereocenters. The van der Waals surface area contributed by atoms with Crippen LogP contribution in [0.25, 0.3) is 89.2 Å². The minimum atomic E-state index is -0.358. The number of ketones is 3. The molecule has 1 fully saturated rings. The number of allylic oxidation sites excluding steroid dienone is 1. The van der Waals surface area contributed by atoms with Crippen LogP contribution in [0.1, 0.15) is 211 Å². The number of alkyl halides is 1. The maximum absolute atomic E-state index is 13.5. The van der Waals surface area contributed by atoms with Crippen LogP contribution in [0.5, 0.6) is 0 Å². The van der Waals surface area contributed by atoms with Crippen LogP contribution >= 0.6 is 27.5 Å². The SMILES string of the molecule is CC(=O)CC(C)c1cnc2c(C(=O)CN3CCCCC3)c(C)n(-c3ccc(C#N)cc3)c2c1.CCOC(=O)/C=C(\C)c1cnc2cc(C)n(-c3ccc(C#N)cc3)c2c1.CCOC(=O)CC(C)c1cnc2c(C(=O)CCl)c(C)n(-c3ccc(C#N)cc3)c2c1.CCOC(=O)CC(C)c1cnc2cc(C)n(-c3ccc(C#N)cc3)c2c1.Cc1cc2ncc(Br)cc2n1-c1ccc(C#N)cc1. The van der Waals surface area contributed by atoms with Gasteiger partial charge < -0.3 is 41.8 Å². The van der Waals surface area contributed by atoms with E-state index >= 15 is 0 Å². The van der Waals surface area contributed by atoms with E-state index in [4.69, 9.17) is 51.8 Å². The first kappa shape index (κ1) is 97.9. The topological polar surface area (TPSA) is 341 Å². The number of aromatic nitrogens is 10. The fraction of sp³-hybridized carbons (Fsp3) is 0.271. The second-order valence-corrected chi connectivity index (χ2v) is 34.1. The lowest BCUT2D eigenvalue weighted by atomic mass is 9.97. The highest BCUT2D eigenvalue weighted by Gasteiger charge is 2.28. The molecule has 1 aliphatic heterocycles. The first-order valence-electron chi connectivity index (χ1n) is 44.2. The number of carbonyl (C=O) groups is 6. The average Bonchev–Trinajstić information content (AvgIpc) is 1.60. The number of esters is 3. The maximum atomic E-state index is 13.5. The minimum absolute atomic E-state index is 0.0237. The zero-order valence-electron chi connectivity index (χ0n) is 77.1. The Morgan fingerprint density at radius 3 is 1.13 bits per heavy atom. The van der Waals surface area contributed by atoms with Crippen LogP contribution in [0, 0.1) is 91.3 Å². The summed E-state index contributed by atoms with van der Waals surface area (Å²) in [7, 11) is 0. The van der Waals surface area contributed by atoms with E-state index in [1.54, 1.807) is 94.1 Å². The number of hydrogen-bond acceptors (Lipinski definition) is 20. The summed E-state index contributed by atoms with van der Waals surface area (Å²) in [5.41, 5.74) is 26.7. The number of piperidine rings is 1. The number of Topliss-reactive ketones (excluding diaryl/α,β-unsaturated/α-hetero) is 3. The zero-order valence-corrected chi connectivity index (χ0v) is 79.5. The molecule has 10 aromatic heterocycles. The van der Waals surface area contributed by atoms with Crippen molar-refractivity contribution in [2.45, 2.75) is 146 Å². The minimum Gasteiger partial charge on any atom is -0.466 e. The average molecular weight is 1870 g/mol. The van der Waals surface area contributed by atoms with Gasteiger partial charge in [0.05, 0.1) is 170 Å². The van der Waals surface area contributed by atoms with E-state index in [9.17, 15) is 34.0 Å². The number of nitrogens with zero attached hydrogens (tertiary/aromatic N) is 16. The van der Waals surface area contributed by atoms with Gasteiger partial charge in [-0.05, 0) is 327 Å². The van der Waals surface area contributed by atoms with Crippen LogP contribution in [-0.4, -0.2) is 133 Å². The van der Waals surface area contributed by atoms with Gasteiger partial charge >= 0.3 is 17.9 Å². The van der Waals surface area contributed by atoms with Gasteiger partial charge in [-0.15, -0.1) is 11.6 Å². The molecule has 0 spiro atoms. The van der Waals surface area contributed by atoms with E-state index < -0.39 is 0 Å². The van der Waals surface area contributed by atoms with E-state index in [1.807, 2.05) is 183 Å². The van der Waals surface area contributed by atoms with Gasteiger partial charge in [0, 0.05) is 105 Å². The number of aryl methyl sites for hydroxylation is 3. The largest absolute Gasteiger partial charge is 0.466 e. The molecule has 0 amide bonds. The molecule has 11 heterocycles. The summed E-state index contributed by atoms with van der Waals surface area (Å²) in [5.74, 6) is -0.973. The number of rotatable bonds is 24. The van der Waals surface area contributed by atoms with Crippen LogP contribution in [0.15, 0.2) is 211 Å². The van der Waals surface area contributed by atoms with Crippen LogP contribution in [0.2, 0.25) is 0 Å². The lowest BCUT2D eigenvalue weighted by molar-refractivity contribution is -0.144. The fourth-order valence-electron chi connectivity index (χ4n) is 16.6. The summed E-state index contributed by atoms with van der Waals surface area (Å²) >= 11 is 9.30. The summed E-state index contributed by atoms with van der Waals surface area (Å²) < 4.78 is 26.4. The highest BCUT2D eigenvalue weighted by molar-refractivity contribution is 9.10. The first-order valence-corrected chi connectivity index (χ1v) is 45.5. The van der Waals surface area contributed by atoms with Crippen molar-refractivity contribution < 1.29 is 43.0 Å². The number of benzene rings is 5. The molecule has 1 aliphatic rings. The third-order valence-electron chi connectivity index (χ3n) is 23.3. The molecule has 0 radical (unpaired) electrons. The molecule has 678 valence electrons. The number of fused-ring (bicyclic) bond motifs is 5. The second-order valence-electron chi connectivity index (χ2n) is 32.9. The molecule has 134 heavy (non-hydrogen) atoms. The molecule has 3 unspecified atom stereocenters. The predicted molar refractivity (Wildman–Crippen MR) is 523 cm³/mol. The van der Waals surface area contributed by atoms with Crippen molar-refractivity contribution in [1.29, 1.82) is 26.3 Å². The third kappa shape index (κ3) is 23.1. The maximum Gasteiger partial charge on any atom is 0.331 e. The number of halogens is 2. The molecule has 0 saturated carbocycles. The molecule has 15 aromatic rings. The molecule has 16 rings (SSSR count). The second kappa shape index (κ2) is 45.1. The van der Waals surface area contributed by atoms with Gasteiger partial charge in [0.1, 0.15) is 5.78 Å². The van der Waals surface area contributed by atoms with Gasteiger partial charge in [-0.3, -0.25) is 49.0 Å².